The lowest BCUT2D eigenvalue weighted by atomic mass is 10.0. The van der Waals surface area contributed by atoms with Gasteiger partial charge in [0.1, 0.15) is 5.60 Å². The zero-order chi connectivity index (χ0) is 13.6. The number of ether oxygens (including phenoxy) is 2. The van der Waals surface area contributed by atoms with Crippen LogP contribution in [0, 0.1) is 0 Å². The number of hydrogen-bond acceptors (Lipinski definition) is 4. The van der Waals surface area contributed by atoms with Crippen molar-refractivity contribution >= 4 is 0 Å². The number of nitrogens with one attached hydrogen (secondary N) is 1. The lowest BCUT2D eigenvalue weighted by Crippen LogP contribution is -2.46. The number of methoxy groups -OCH3 is 1. The molecule has 0 aliphatic carbocycles. The van der Waals surface area contributed by atoms with Gasteiger partial charge in [-0.2, -0.15) is 0 Å². The van der Waals surface area contributed by atoms with Crippen molar-refractivity contribution in [3.05, 3.63) is 0 Å². The van der Waals surface area contributed by atoms with Crippen molar-refractivity contribution in [1.29, 1.82) is 0 Å². The molecule has 2 rings (SSSR count). The van der Waals surface area contributed by atoms with E-state index in [1.54, 1.807) is 0 Å². The molecule has 1 N–H and O–H groups in total. The molecular formula is C15H30N2O2. The van der Waals surface area contributed by atoms with E-state index < -0.39 is 0 Å². The van der Waals surface area contributed by atoms with E-state index in [1.165, 1.54) is 45.3 Å². The molecule has 0 bridgehead atoms. The van der Waals surface area contributed by atoms with Crippen LogP contribution < -0.4 is 5.32 Å². The average Bonchev–Trinajstić information content (AvgIpc) is 2.79. The van der Waals surface area contributed by atoms with Gasteiger partial charge in [-0.15, -0.1) is 0 Å². The van der Waals surface area contributed by atoms with Crippen molar-refractivity contribution in [2.24, 2.45) is 0 Å². The standard InChI is InChI=1S/C15H30N2O2/c1-3-8-17-9-4-5-14(6-10-17)16-12-15(18-2)7-11-19-13-15/h14,16H,3-13H2,1-2H3. The zero-order valence-corrected chi connectivity index (χ0v) is 12.6. The molecule has 2 atom stereocenters. The van der Waals surface area contributed by atoms with Crippen molar-refractivity contribution in [2.75, 3.05) is 46.5 Å². The maximum absolute atomic E-state index is 5.68. The summed E-state index contributed by atoms with van der Waals surface area (Å²) in [5.74, 6) is 0. The Morgan fingerprint density at radius 2 is 2.26 bits per heavy atom. The normalized spacial score (nSPS) is 33.5. The molecule has 112 valence electrons. The first-order valence-corrected chi connectivity index (χ1v) is 7.86. The van der Waals surface area contributed by atoms with Gasteiger partial charge in [0.05, 0.1) is 6.61 Å². The van der Waals surface area contributed by atoms with E-state index in [1.807, 2.05) is 7.11 Å². The van der Waals surface area contributed by atoms with Gasteiger partial charge in [0.15, 0.2) is 0 Å². The van der Waals surface area contributed by atoms with Crippen LogP contribution >= 0.6 is 0 Å². The van der Waals surface area contributed by atoms with Crippen molar-refractivity contribution in [1.82, 2.24) is 10.2 Å². The zero-order valence-electron chi connectivity index (χ0n) is 12.6. The summed E-state index contributed by atoms with van der Waals surface area (Å²) in [5.41, 5.74) is -0.0740. The van der Waals surface area contributed by atoms with E-state index in [-0.39, 0.29) is 5.60 Å². The third-order valence-corrected chi connectivity index (χ3v) is 4.57. The first kappa shape index (κ1) is 15.2. The molecule has 0 radical (unpaired) electrons. The number of rotatable bonds is 6. The van der Waals surface area contributed by atoms with Crippen molar-refractivity contribution in [3.8, 4) is 0 Å². The average molecular weight is 270 g/mol. The molecule has 2 unspecified atom stereocenters. The number of nitrogens with zero attached hydrogens (tertiary/aromatic N) is 1. The predicted octanol–water partition coefficient (Wildman–Crippen LogP) is 1.65. The van der Waals surface area contributed by atoms with Gasteiger partial charge in [0.2, 0.25) is 0 Å². The smallest absolute Gasteiger partial charge is 0.106 e. The molecule has 4 heteroatoms. The van der Waals surface area contributed by atoms with E-state index >= 15 is 0 Å². The van der Waals surface area contributed by atoms with Gasteiger partial charge in [0, 0.05) is 32.7 Å². The third kappa shape index (κ3) is 4.42. The van der Waals surface area contributed by atoms with Crippen LogP contribution in [0.15, 0.2) is 0 Å². The summed E-state index contributed by atoms with van der Waals surface area (Å²) in [6.07, 6.45) is 6.16. The molecule has 0 saturated carbocycles. The summed E-state index contributed by atoms with van der Waals surface area (Å²) in [4.78, 5) is 2.60. The fourth-order valence-corrected chi connectivity index (χ4v) is 3.19. The first-order valence-electron chi connectivity index (χ1n) is 7.86. The summed E-state index contributed by atoms with van der Waals surface area (Å²) in [6.45, 7) is 8.54. The quantitative estimate of drug-likeness (QED) is 0.796. The van der Waals surface area contributed by atoms with Gasteiger partial charge in [-0.25, -0.2) is 0 Å². The second-order valence-electron chi connectivity index (χ2n) is 6.04. The van der Waals surface area contributed by atoms with Crippen molar-refractivity contribution in [2.45, 2.75) is 50.7 Å². The van der Waals surface area contributed by atoms with Crippen molar-refractivity contribution < 1.29 is 9.47 Å². The van der Waals surface area contributed by atoms with Gasteiger partial charge in [-0.3, -0.25) is 0 Å². The summed E-state index contributed by atoms with van der Waals surface area (Å²) in [6, 6.07) is 0.648. The molecule has 2 aliphatic heterocycles. The van der Waals surface area contributed by atoms with Crippen molar-refractivity contribution in [3.63, 3.8) is 0 Å². The molecule has 0 aromatic heterocycles. The van der Waals surface area contributed by atoms with E-state index in [2.05, 4.69) is 17.1 Å². The van der Waals surface area contributed by atoms with E-state index in [0.717, 1.165) is 26.2 Å². The summed E-state index contributed by atoms with van der Waals surface area (Å²) in [5, 5.41) is 3.73. The maximum atomic E-state index is 5.68. The minimum absolute atomic E-state index is 0.0740. The number of hydrogen-bond donors (Lipinski definition) is 1. The van der Waals surface area contributed by atoms with Gasteiger partial charge >= 0.3 is 0 Å². The highest BCUT2D eigenvalue weighted by Crippen LogP contribution is 2.22. The Bertz CT molecular complexity index is 255. The van der Waals surface area contributed by atoms with Gasteiger partial charge < -0.3 is 19.7 Å². The van der Waals surface area contributed by atoms with E-state index in [9.17, 15) is 0 Å². The summed E-state index contributed by atoms with van der Waals surface area (Å²) < 4.78 is 11.2. The van der Waals surface area contributed by atoms with Crippen LogP contribution in [0.2, 0.25) is 0 Å². The molecule has 0 aromatic carbocycles. The van der Waals surface area contributed by atoms with Gasteiger partial charge in [0.25, 0.3) is 0 Å². The second-order valence-corrected chi connectivity index (χ2v) is 6.04. The molecule has 0 aromatic rings. The minimum atomic E-state index is -0.0740. The molecule has 0 amide bonds. The maximum Gasteiger partial charge on any atom is 0.106 e. The highest BCUT2D eigenvalue weighted by atomic mass is 16.5. The summed E-state index contributed by atoms with van der Waals surface area (Å²) in [7, 11) is 1.81. The van der Waals surface area contributed by atoms with Crippen LogP contribution in [0.25, 0.3) is 0 Å². The molecule has 2 aliphatic rings. The number of likely N-dealkylation sites (tertiary alicyclic amines) is 1. The topological polar surface area (TPSA) is 33.7 Å². The van der Waals surface area contributed by atoms with Crippen LogP contribution in [0.4, 0.5) is 0 Å². The van der Waals surface area contributed by atoms with E-state index in [0.29, 0.717) is 6.04 Å². The fraction of sp³-hybridized carbons (Fsp3) is 1.00. The fourth-order valence-electron chi connectivity index (χ4n) is 3.19. The largest absolute Gasteiger partial charge is 0.378 e. The molecule has 2 heterocycles. The van der Waals surface area contributed by atoms with Crippen LogP contribution in [0.1, 0.15) is 39.0 Å². The predicted molar refractivity (Wildman–Crippen MR) is 77.5 cm³/mol. The lowest BCUT2D eigenvalue weighted by molar-refractivity contribution is -0.0177. The Kier molecular flexibility index (Phi) is 6.07. The Balaban J connectivity index is 1.73. The SMILES string of the molecule is CCCN1CCCC(NCC2(OC)CCOC2)CC1. The molecule has 4 nitrogen and oxygen atoms in total. The van der Waals surface area contributed by atoms with Crippen LogP contribution in [-0.2, 0) is 9.47 Å². The molecule has 2 saturated heterocycles. The molecule has 2 fully saturated rings. The first-order chi connectivity index (χ1) is 9.28. The third-order valence-electron chi connectivity index (χ3n) is 4.57. The molecular weight excluding hydrogens is 240 g/mol. The summed E-state index contributed by atoms with van der Waals surface area (Å²) >= 11 is 0. The highest BCUT2D eigenvalue weighted by Gasteiger charge is 2.35. The second kappa shape index (κ2) is 7.58. The van der Waals surface area contributed by atoms with Gasteiger partial charge in [-0.05, 0) is 45.3 Å². The minimum Gasteiger partial charge on any atom is -0.378 e. The van der Waals surface area contributed by atoms with Crippen LogP contribution in [0.5, 0.6) is 0 Å². The monoisotopic (exact) mass is 270 g/mol. The highest BCUT2D eigenvalue weighted by molar-refractivity contribution is 4.88. The van der Waals surface area contributed by atoms with E-state index in [4.69, 9.17) is 9.47 Å². The Morgan fingerprint density at radius 1 is 1.37 bits per heavy atom. The Morgan fingerprint density at radius 3 is 2.95 bits per heavy atom. The molecule has 19 heavy (non-hydrogen) atoms. The molecule has 0 spiro atoms. The van der Waals surface area contributed by atoms with Gasteiger partial charge in [-0.1, -0.05) is 6.92 Å². The Hall–Kier alpha value is -0.160. The van der Waals surface area contributed by atoms with Crippen LogP contribution in [0.3, 0.4) is 0 Å². The Labute approximate surface area is 117 Å². The lowest BCUT2D eigenvalue weighted by Gasteiger charge is -2.29. The van der Waals surface area contributed by atoms with Crippen LogP contribution in [-0.4, -0.2) is 63.0 Å².